The third kappa shape index (κ3) is 3.37. The second kappa shape index (κ2) is 6.67. The SMILES string of the molecule is C[C@@H]1COCCN1c1cc(C(N)=O)nc(N2CCOC[C@H]2C)n1. The Kier molecular flexibility index (Phi) is 4.63. The first-order valence-electron chi connectivity index (χ1n) is 7.94. The fourth-order valence-corrected chi connectivity index (χ4v) is 2.92. The normalized spacial score (nSPS) is 25.5. The van der Waals surface area contributed by atoms with Crippen LogP contribution in [0.15, 0.2) is 6.07 Å². The first kappa shape index (κ1) is 15.9. The summed E-state index contributed by atoms with van der Waals surface area (Å²) < 4.78 is 10.9. The van der Waals surface area contributed by atoms with E-state index in [0.29, 0.717) is 38.9 Å². The number of primary amides is 1. The van der Waals surface area contributed by atoms with E-state index in [0.717, 1.165) is 12.4 Å². The fraction of sp³-hybridized carbons (Fsp3) is 0.667. The average Bonchev–Trinajstić information content (AvgIpc) is 2.55. The highest BCUT2D eigenvalue weighted by Gasteiger charge is 2.26. The van der Waals surface area contributed by atoms with E-state index in [2.05, 4.69) is 33.6 Å². The smallest absolute Gasteiger partial charge is 0.267 e. The highest BCUT2D eigenvalue weighted by Crippen LogP contribution is 2.23. The molecule has 0 spiro atoms. The summed E-state index contributed by atoms with van der Waals surface area (Å²) in [5.74, 6) is 0.709. The van der Waals surface area contributed by atoms with Gasteiger partial charge in [-0.25, -0.2) is 4.98 Å². The molecule has 1 amide bonds. The lowest BCUT2D eigenvalue weighted by Crippen LogP contribution is -2.46. The summed E-state index contributed by atoms with van der Waals surface area (Å²) in [6, 6.07) is 2.01. The predicted molar refractivity (Wildman–Crippen MR) is 85.8 cm³/mol. The highest BCUT2D eigenvalue weighted by atomic mass is 16.5. The van der Waals surface area contributed by atoms with Gasteiger partial charge in [0.25, 0.3) is 5.91 Å². The van der Waals surface area contributed by atoms with E-state index in [1.165, 1.54) is 0 Å². The fourth-order valence-electron chi connectivity index (χ4n) is 2.92. The second-order valence-corrected chi connectivity index (χ2v) is 6.01. The molecule has 0 saturated carbocycles. The number of rotatable bonds is 3. The second-order valence-electron chi connectivity index (χ2n) is 6.01. The minimum absolute atomic E-state index is 0.154. The zero-order chi connectivity index (χ0) is 16.4. The predicted octanol–water partition coefficient (Wildman–Crippen LogP) is 0.0257. The Morgan fingerprint density at radius 2 is 1.74 bits per heavy atom. The van der Waals surface area contributed by atoms with Crippen molar-refractivity contribution in [3.05, 3.63) is 11.8 Å². The van der Waals surface area contributed by atoms with Gasteiger partial charge in [0, 0.05) is 19.2 Å². The molecular formula is C15H23N5O3. The molecule has 2 aliphatic heterocycles. The zero-order valence-electron chi connectivity index (χ0n) is 13.6. The van der Waals surface area contributed by atoms with Gasteiger partial charge in [0.05, 0.1) is 38.5 Å². The highest BCUT2D eigenvalue weighted by molar-refractivity contribution is 5.91. The Balaban J connectivity index is 1.97. The van der Waals surface area contributed by atoms with Crippen LogP contribution in [0, 0.1) is 0 Å². The van der Waals surface area contributed by atoms with Crippen molar-refractivity contribution in [2.45, 2.75) is 25.9 Å². The quantitative estimate of drug-likeness (QED) is 0.839. The summed E-state index contributed by atoms with van der Waals surface area (Å²) in [4.78, 5) is 24.9. The van der Waals surface area contributed by atoms with Crippen molar-refractivity contribution in [3.8, 4) is 0 Å². The molecule has 0 unspecified atom stereocenters. The Morgan fingerprint density at radius 1 is 1.13 bits per heavy atom. The summed E-state index contributed by atoms with van der Waals surface area (Å²) in [5, 5.41) is 0. The molecule has 0 aromatic carbocycles. The monoisotopic (exact) mass is 321 g/mol. The number of amides is 1. The maximum absolute atomic E-state index is 11.7. The van der Waals surface area contributed by atoms with Crippen molar-refractivity contribution in [1.82, 2.24) is 9.97 Å². The number of aromatic nitrogens is 2. The first-order valence-corrected chi connectivity index (χ1v) is 7.94. The van der Waals surface area contributed by atoms with Crippen LogP contribution < -0.4 is 15.5 Å². The van der Waals surface area contributed by atoms with Crippen molar-refractivity contribution in [2.75, 3.05) is 49.3 Å². The third-order valence-corrected chi connectivity index (χ3v) is 4.24. The Labute approximate surface area is 135 Å². The van der Waals surface area contributed by atoms with E-state index in [4.69, 9.17) is 15.2 Å². The Hall–Kier alpha value is -1.93. The van der Waals surface area contributed by atoms with Gasteiger partial charge in [0.15, 0.2) is 0 Å². The number of ether oxygens (including phenoxy) is 2. The van der Waals surface area contributed by atoms with Gasteiger partial charge in [-0.2, -0.15) is 4.98 Å². The molecule has 2 atom stereocenters. The van der Waals surface area contributed by atoms with Gasteiger partial charge in [-0.05, 0) is 13.8 Å². The van der Waals surface area contributed by atoms with Crippen LogP contribution in [0.2, 0.25) is 0 Å². The number of anilines is 2. The molecular weight excluding hydrogens is 298 g/mol. The molecule has 2 fully saturated rings. The minimum Gasteiger partial charge on any atom is -0.377 e. The number of nitrogens with two attached hydrogens (primary N) is 1. The summed E-state index contributed by atoms with van der Waals surface area (Å²) in [5.41, 5.74) is 5.70. The Bertz CT molecular complexity index is 542. The van der Waals surface area contributed by atoms with E-state index in [1.54, 1.807) is 6.07 Å². The van der Waals surface area contributed by atoms with Gasteiger partial charge in [-0.3, -0.25) is 4.79 Å². The largest absolute Gasteiger partial charge is 0.377 e. The van der Waals surface area contributed by atoms with Crippen molar-refractivity contribution < 1.29 is 14.3 Å². The Morgan fingerprint density at radius 3 is 2.30 bits per heavy atom. The van der Waals surface area contributed by atoms with Crippen molar-refractivity contribution >= 4 is 17.7 Å². The van der Waals surface area contributed by atoms with E-state index in [-0.39, 0.29) is 17.8 Å². The molecule has 1 aromatic heterocycles. The van der Waals surface area contributed by atoms with Crippen LogP contribution in [0.5, 0.6) is 0 Å². The molecule has 0 radical (unpaired) electrons. The van der Waals surface area contributed by atoms with Gasteiger partial charge in [-0.1, -0.05) is 0 Å². The topological polar surface area (TPSA) is 93.8 Å². The van der Waals surface area contributed by atoms with Crippen LogP contribution in [0.25, 0.3) is 0 Å². The molecule has 2 N–H and O–H groups in total. The number of morpholine rings is 2. The molecule has 1 aromatic rings. The van der Waals surface area contributed by atoms with Crippen LogP contribution in [0.4, 0.5) is 11.8 Å². The first-order chi connectivity index (χ1) is 11.1. The average molecular weight is 321 g/mol. The lowest BCUT2D eigenvalue weighted by atomic mass is 10.2. The molecule has 23 heavy (non-hydrogen) atoms. The van der Waals surface area contributed by atoms with Crippen molar-refractivity contribution in [3.63, 3.8) is 0 Å². The molecule has 3 rings (SSSR count). The molecule has 8 nitrogen and oxygen atoms in total. The van der Waals surface area contributed by atoms with Gasteiger partial charge in [-0.15, -0.1) is 0 Å². The maximum atomic E-state index is 11.7. The van der Waals surface area contributed by atoms with Crippen LogP contribution in [-0.4, -0.2) is 67.5 Å². The van der Waals surface area contributed by atoms with Gasteiger partial charge < -0.3 is 25.0 Å². The van der Waals surface area contributed by atoms with Crippen LogP contribution in [0.3, 0.4) is 0 Å². The molecule has 8 heteroatoms. The zero-order valence-corrected chi connectivity index (χ0v) is 13.6. The van der Waals surface area contributed by atoms with E-state index < -0.39 is 5.91 Å². The van der Waals surface area contributed by atoms with Crippen molar-refractivity contribution in [2.24, 2.45) is 5.73 Å². The minimum atomic E-state index is -0.545. The number of hydrogen-bond acceptors (Lipinski definition) is 7. The van der Waals surface area contributed by atoms with Crippen molar-refractivity contribution in [1.29, 1.82) is 0 Å². The van der Waals surface area contributed by atoms with Crippen LogP contribution >= 0.6 is 0 Å². The number of carbonyl (C=O) groups excluding carboxylic acids is 1. The van der Waals surface area contributed by atoms with Crippen LogP contribution in [0.1, 0.15) is 24.3 Å². The standard InChI is InChI=1S/C15H23N5O3/c1-10-8-22-5-3-19(10)13-7-12(14(16)21)17-15(18-13)20-4-6-23-9-11(20)2/h7,10-11H,3-6,8-9H2,1-2H3,(H2,16,21)/t10-,11-/m1/s1. The van der Waals surface area contributed by atoms with Gasteiger partial charge in [0.2, 0.25) is 5.95 Å². The van der Waals surface area contributed by atoms with Crippen LogP contribution in [-0.2, 0) is 9.47 Å². The lowest BCUT2D eigenvalue weighted by molar-refractivity contribution is 0.0967. The molecule has 3 heterocycles. The molecule has 126 valence electrons. The third-order valence-electron chi connectivity index (χ3n) is 4.24. The van der Waals surface area contributed by atoms with E-state index >= 15 is 0 Å². The van der Waals surface area contributed by atoms with E-state index in [1.807, 2.05) is 0 Å². The number of hydrogen-bond donors (Lipinski definition) is 1. The summed E-state index contributed by atoms with van der Waals surface area (Å²) in [6.45, 7) is 8.07. The molecule has 2 aliphatic rings. The maximum Gasteiger partial charge on any atom is 0.267 e. The van der Waals surface area contributed by atoms with E-state index in [9.17, 15) is 4.79 Å². The van der Waals surface area contributed by atoms with Gasteiger partial charge in [0.1, 0.15) is 11.5 Å². The van der Waals surface area contributed by atoms with Gasteiger partial charge >= 0.3 is 0 Å². The lowest BCUT2D eigenvalue weighted by Gasteiger charge is -2.36. The summed E-state index contributed by atoms with van der Waals surface area (Å²) in [6.07, 6.45) is 0. The molecule has 2 saturated heterocycles. The summed E-state index contributed by atoms with van der Waals surface area (Å²) >= 11 is 0. The summed E-state index contributed by atoms with van der Waals surface area (Å²) in [7, 11) is 0. The number of carbonyl (C=O) groups is 1. The molecule has 0 aliphatic carbocycles. The number of nitrogens with zero attached hydrogens (tertiary/aromatic N) is 4. The molecule has 0 bridgehead atoms.